The van der Waals surface area contributed by atoms with E-state index in [1.165, 1.54) is 12.8 Å². The molecule has 0 aromatic carbocycles. The minimum atomic E-state index is -0.402. The Kier molecular flexibility index (Phi) is 4.81. The van der Waals surface area contributed by atoms with E-state index in [2.05, 4.69) is 27.7 Å². The van der Waals surface area contributed by atoms with Gasteiger partial charge in [0.2, 0.25) is 0 Å². The lowest BCUT2D eigenvalue weighted by atomic mass is 9.85. The second kappa shape index (κ2) is 5.50. The Bertz CT molecular complexity index is 213. The topological polar surface area (TPSA) is 18.5 Å². The van der Waals surface area contributed by atoms with Gasteiger partial charge in [-0.15, -0.1) is 0 Å². The fraction of sp³-hybridized carbons (Fsp3) is 1.00. The maximum atomic E-state index is 6.07. The van der Waals surface area contributed by atoms with Crippen LogP contribution in [0.4, 0.5) is 0 Å². The lowest BCUT2D eigenvalue weighted by molar-refractivity contribution is -0.300. The van der Waals surface area contributed by atoms with E-state index >= 15 is 0 Å². The highest BCUT2D eigenvalue weighted by molar-refractivity contribution is 4.79. The van der Waals surface area contributed by atoms with Crippen LogP contribution in [-0.2, 0) is 9.47 Å². The first-order chi connectivity index (χ1) is 7.35. The van der Waals surface area contributed by atoms with Crippen LogP contribution in [-0.4, -0.2) is 18.5 Å². The first-order valence-corrected chi connectivity index (χ1v) is 6.67. The molecule has 0 aromatic heterocycles. The average Bonchev–Trinajstić information content (AvgIpc) is 2.21. The monoisotopic (exact) mass is 228 g/mol. The van der Waals surface area contributed by atoms with Crippen molar-refractivity contribution in [3.63, 3.8) is 0 Å². The van der Waals surface area contributed by atoms with Gasteiger partial charge in [0.15, 0.2) is 5.79 Å². The van der Waals surface area contributed by atoms with Crippen molar-refractivity contribution in [1.29, 1.82) is 0 Å². The van der Waals surface area contributed by atoms with Gasteiger partial charge in [0.05, 0.1) is 12.7 Å². The predicted molar refractivity (Wildman–Crippen MR) is 67.3 cm³/mol. The summed E-state index contributed by atoms with van der Waals surface area (Å²) < 4.78 is 11.7. The molecule has 1 heterocycles. The van der Waals surface area contributed by atoms with Crippen molar-refractivity contribution in [1.82, 2.24) is 0 Å². The summed E-state index contributed by atoms with van der Waals surface area (Å²) in [5.41, 5.74) is 0. The van der Waals surface area contributed by atoms with Gasteiger partial charge in [-0.3, -0.25) is 0 Å². The molecule has 0 aromatic rings. The molecule has 0 spiro atoms. The molecule has 1 aliphatic heterocycles. The van der Waals surface area contributed by atoms with Crippen LogP contribution in [0.5, 0.6) is 0 Å². The van der Waals surface area contributed by atoms with E-state index in [0.29, 0.717) is 17.9 Å². The van der Waals surface area contributed by atoms with E-state index in [1.54, 1.807) is 0 Å². The zero-order valence-electron chi connectivity index (χ0n) is 11.7. The highest BCUT2D eigenvalue weighted by Crippen LogP contribution is 2.33. The summed E-state index contributed by atoms with van der Waals surface area (Å²) in [6.45, 7) is 14.0. The number of rotatable bonds is 4. The lowest BCUT2D eigenvalue weighted by Gasteiger charge is -2.43. The van der Waals surface area contributed by atoms with Gasteiger partial charge in [-0.1, -0.05) is 34.1 Å². The van der Waals surface area contributed by atoms with E-state index in [4.69, 9.17) is 9.47 Å². The average molecular weight is 228 g/mol. The zero-order valence-corrected chi connectivity index (χ0v) is 11.7. The maximum Gasteiger partial charge on any atom is 0.163 e. The Labute approximate surface area is 101 Å². The molecule has 2 nitrogen and oxygen atoms in total. The van der Waals surface area contributed by atoms with E-state index in [0.717, 1.165) is 12.5 Å². The Hall–Kier alpha value is -0.0800. The fourth-order valence-electron chi connectivity index (χ4n) is 2.52. The molecular weight excluding hydrogens is 200 g/mol. The van der Waals surface area contributed by atoms with E-state index in [1.807, 2.05) is 13.8 Å². The molecule has 16 heavy (non-hydrogen) atoms. The summed E-state index contributed by atoms with van der Waals surface area (Å²) in [4.78, 5) is 0. The van der Waals surface area contributed by atoms with E-state index < -0.39 is 5.79 Å². The molecule has 0 N–H and O–H groups in total. The number of hydrogen-bond donors (Lipinski definition) is 0. The molecule has 1 saturated heterocycles. The summed E-state index contributed by atoms with van der Waals surface area (Å²) in [6, 6.07) is 0. The van der Waals surface area contributed by atoms with Crippen molar-refractivity contribution in [3.8, 4) is 0 Å². The molecule has 1 rings (SSSR count). The van der Waals surface area contributed by atoms with Gasteiger partial charge in [0, 0.05) is 5.92 Å². The van der Waals surface area contributed by atoms with Gasteiger partial charge in [0.1, 0.15) is 0 Å². The van der Waals surface area contributed by atoms with Crippen molar-refractivity contribution in [2.24, 2.45) is 17.8 Å². The molecule has 2 heteroatoms. The molecule has 0 aliphatic carbocycles. The van der Waals surface area contributed by atoms with Gasteiger partial charge < -0.3 is 9.47 Å². The molecule has 1 fully saturated rings. The smallest absolute Gasteiger partial charge is 0.163 e. The van der Waals surface area contributed by atoms with Gasteiger partial charge in [-0.05, 0) is 32.1 Å². The number of hydrogen-bond acceptors (Lipinski definition) is 2. The molecule has 0 radical (unpaired) electrons. The molecule has 0 saturated carbocycles. The highest BCUT2D eigenvalue weighted by Gasteiger charge is 2.37. The summed E-state index contributed by atoms with van der Waals surface area (Å²) >= 11 is 0. The lowest BCUT2D eigenvalue weighted by Crippen LogP contribution is -2.47. The van der Waals surface area contributed by atoms with Crippen molar-refractivity contribution >= 4 is 0 Å². The van der Waals surface area contributed by atoms with Gasteiger partial charge in [-0.25, -0.2) is 0 Å². The standard InChI is InChI=1S/C14H28O2/c1-7-10(2)8-11(3)13-12(4)9-15-14(5,6)16-13/h10-13H,7-9H2,1-6H3/t10-,11-,12-,13+/m1/s1. The second-order valence-corrected chi connectivity index (χ2v) is 6.00. The third-order valence-corrected chi connectivity index (χ3v) is 3.71. The van der Waals surface area contributed by atoms with Crippen molar-refractivity contribution < 1.29 is 9.47 Å². The van der Waals surface area contributed by atoms with Crippen LogP contribution in [0.25, 0.3) is 0 Å². The van der Waals surface area contributed by atoms with E-state index in [9.17, 15) is 0 Å². The SMILES string of the molecule is CC[C@@H](C)C[C@@H](C)[C@@H]1OC(C)(C)OC[C@H]1C. The second-order valence-electron chi connectivity index (χ2n) is 6.00. The minimum absolute atomic E-state index is 0.345. The first kappa shape index (κ1) is 14.0. The molecular formula is C14H28O2. The Balaban J connectivity index is 2.55. The molecule has 0 amide bonds. The molecule has 4 atom stereocenters. The van der Waals surface area contributed by atoms with Gasteiger partial charge in [0.25, 0.3) is 0 Å². The highest BCUT2D eigenvalue weighted by atomic mass is 16.7. The van der Waals surface area contributed by atoms with Crippen LogP contribution in [0, 0.1) is 17.8 Å². The third-order valence-electron chi connectivity index (χ3n) is 3.71. The zero-order chi connectivity index (χ0) is 12.3. The first-order valence-electron chi connectivity index (χ1n) is 6.67. The van der Waals surface area contributed by atoms with E-state index in [-0.39, 0.29) is 0 Å². The van der Waals surface area contributed by atoms with Crippen LogP contribution >= 0.6 is 0 Å². The molecule has 96 valence electrons. The fourth-order valence-corrected chi connectivity index (χ4v) is 2.52. The van der Waals surface area contributed by atoms with Crippen molar-refractivity contribution in [2.45, 2.75) is 66.3 Å². The van der Waals surface area contributed by atoms with Gasteiger partial charge >= 0.3 is 0 Å². The van der Waals surface area contributed by atoms with Gasteiger partial charge in [-0.2, -0.15) is 0 Å². The van der Waals surface area contributed by atoms with Crippen LogP contribution in [0.2, 0.25) is 0 Å². The largest absolute Gasteiger partial charge is 0.350 e. The summed E-state index contributed by atoms with van der Waals surface area (Å²) in [5, 5.41) is 0. The molecule has 0 bridgehead atoms. The van der Waals surface area contributed by atoms with Crippen molar-refractivity contribution in [2.75, 3.05) is 6.61 Å². The third kappa shape index (κ3) is 3.74. The predicted octanol–water partition coefficient (Wildman–Crippen LogP) is 3.85. The molecule has 0 unspecified atom stereocenters. The molecule has 1 aliphatic rings. The van der Waals surface area contributed by atoms with Crippen LogP contribution in [0.3, 0.4) is 0 Å². The summed E-state index contributed by atoms with van der Waals surface area (Å²) in [7, 11) is 0. The Morgan fingerprint density at radius 2 is 1.94 bits per heavy atom. The Morgan fingerprint density at radius 1 is 1.31 bits per heavy atom. The minimum Gasteiger partial charge on any atom is -0.350 e. The van der Waals surface area contributed by atoms with Crippen molar-refractivity contribution in [3.05, 3.63) is 0 Å². The maximum absolute atomic E-state index is 6.07. The Morgan fingerprint density at radius 3 is 2.50 bits per heavy atom. The normalized spacial score (nSPS) is 33.4. The van der Waals surface area contributed by atoms with Crippen LogP contribution in [0.15, 0.2) is 0 Å². The number of ether oxygens (including phenoxy) is 2. The van der Waals surface area contributed by atoms with Crippen LogP contribution < -0.4 is 0 Å². The quantitative estimate of drug-likeness (QED) is 0.727. The summed E-state index contributed by atoms with van der Waals surface area (Å²) in [5.74, 6) is 1.51. The summed E-state index contributed by atoms with van der Waals surface area (Å²) in [6.07, 6.45) is 2.85. The van der Waals surface area contributed by atoms with Crippen LogP contribution in [0.1, 0.15) is 54.4 Å².